The summed E-state index contributed by atoms with van der Waals surface area (Å²) < 4.78 is 5.14. The van der Waals surface area contributed by atoms with Gasteiger partial charge >= 0.3 is 0 Å². The van der Waals surface area contributed by atoms with E-state index in [1.165, 1.54) is 5.56 Å². The molecule has 1 unspecified atom stereocenters. The molecule has 0 aromatic heterocycles. The third-order valence-corrected chi connectivity index (χ3v) is 4.23. The molecule has 0 spiro atoms. The van der Waals surface area contributed by atoms with Gasteiger partial charge in [0.25, 0.3) is 0 Å². The fourth-order valence-electron chi connectivity index (χ4n) is 3.00. The Balaban J connectivity index is 1.82. The summed E-state index contributed by atoms with van der Waals surface area (Å²) in [6.07, 6.45) is 5.70. The van der Waals surface area contributed by atoms with Crippen LogP contribution in [0.3, 0.4) is 0 Å². The van der Waals surface area contributed by atoms with Crippen LogP contribution < -0.4 is 10.5 Å². The highest BCUT2D eigenvalue weighted by molar-refractivity contribution is 5.77. The molecule has 1 aliphatic rings. The molecule has 4 heteroatoms. The number of ether oxygens (including phenoxy) is 1. The molecule has 1 atom stereocenters. The standard InChI is InChI=1S/C17H26N2O2/c1-21-16-9-6-14(7-10-16)8-11-17(20)19-13-3-5-15(19)4-2-12-18/h6-7,9-10,15H,2-5,8,11-13,18H2,1H3. The zero-order valence-corrected chi connectivity index (χ0v) is 12.9. The molecule has 1 amide bonds. The smallest absolute Gasteiger partial charge is 0.223 e. The largest absolute Gasteiger partial charge is 0.497 e. The van der Waals surface area contributed by atoms with E-state index < -0.39 is 0 Å². The molecule has 1 aromatic carbocycles. The highest BCUT2D eigenvalue weighted by Crippen LogP contribution is 2.22. The number of carbonyl (C=O) groups is 1. The fraction of sp³-hybridized carbons (Fsp3) is 0.588. The van der Waals surface area contributed by atoms with Gasteiger partial charge in [-0.2, -0.15) is 0 Å². The number of amides is 1. The van der Waals surface area contributed by atoms with E-state index in [0.717, 1.165) is 44.4 Å². The van der Waals surface area contributed by atoms with E-state index >= 15 is 0 Å². The molecule has 1 aromatic rings. The Morgan fingerprint density at radius 2 is 2.14 bits per heavy atom. The van der Waals surface area contributed by atoms with E-state index in [4.69, 9.17) is 10.5 Å². The molecule has 2 rings (SSSR count). The number of nitrogens with zero attached hydrogens (tertiary/aromatic N) is 1. The van der Waals surface area contributed by atoms with Crippen LogP contribution in [0, 0.1) is 0 Å². The van der Waals surface area contributed by atoms with Crippen molar-refractivity contribution in [3.05, 3.63) is 29.8 Å². The van der Waals surface area contributed by atoms with Crippen molar-refractivity contribution in [2.45, 2.75) is 44.6 Å². The number of methoxy groups -OCH3 is 1. The third-order valence-electron chi connectivity index (χ3n) is 4.23. The van der Waals surface area contributed by atoms with Gasteiger partial charge in [-0.05, 0) is 56.3 Å². The van der Waals surface area contributed by atoms with Gasteiger partial charge in [0.05, 0.1) is 7.11 Å². The summed E-state index contributed by atoms with van der Waals surface area (Å²) >= 11 is 0. The lowest BCUT2D eigenvalue weighted by Gasteiger charge is -2.24. The first kappa shape index (κ1) is 15.8. The summed E-state index contributed by atoms with van der Waals surface area (Å²) in [5, 5.41) is 0. The van der Waals surface area contributed by atoms with Gasteiger partial charge in [-0.1, -0.05) is 12.1 Å². The second kappa shape index (κ2) is 8.03. The third kappa shape index (κ3) is 4.46. The number of benzene rings is 1. The average Bonchev–Trinajstić information content (AvgIpc) is 2.99. The lowest BCUT2D eigenvalue weighted by atomic mass is 10.1. The van der Waals surface area contributed by atoms with Crippen molar-refractivity contribution in [1.29, 1.82) is 0 Å². The first-order valence-electron chi connectivity index (χ1n) is 7.87. The number of likely N-dealkylation sites (tertiary alicyclic amines) is 1. The van der Waals surface area contributed by atoms with Crippen LogP contribution in [0.2, 0.25) is 0 Å². The quantitative estimate of drug-likeness (QED) is 0.838. The molecule has 4 nitrogen and oxygen atoms in total. The number of carbonyl (C=O) groups excluding carboxylic acids is 1. The van der Waals surface area contributed by atoms with Gasteiger partial charge in [-0.25, -0.2) is 0 Å². The Labute approximate surface area is 127 Å². The maximum Gasteiger partial charge on any atom is 0.223 e. The van der Waals surface area contributed by atoms with Gasteiger partial charge in [0, 0.05) is 19.0 Å². The molecule has 0 aliphatic carbocycles. The molecular formula is C17H26N2O2. The summed E-state index contributed by atoms with van der Waals surface area (Å²) in [5.74, 6) is 1.14. The monoisotopic (exact) mass is 290 g/mol. The molecule has 1 saturated heterocycles. The zero-order valence-electron chi connectivity index (χ0n) is 12.9. The van der Waals surface area contributed by atoms with E-state index in [0.29, 0.717) is 19.0 Å². The van der Waals surface area contributed by atoms with Crippen molar-refractivity contribution in [1.82, 2.24) is 4.90 Å². The SMILES string of the molecule is COc1ccc(CCC(=O)N2CCCC2CCCN)cc1. The van der Waals surface area contributed by atoms with E-state index in [1.807, 2.05) is 24.3 Å². The van der Waals surface area contributed by atoms with Crippen LogP contribution in [0.5, 0.6) is 5.75 Å². The minimum Gasteiger partial charge on any atom is -0.497 e. The van der Waals surface area contributed by atoms with Crippen LogP contribution in [0.25, 0.3) is 0 Å². The van der Waals surface area contributed by atoms with Crippen LogP contribution in [0.4, 0.5) is 0 Å². The molecular weight excluding hydrogens is 264 g/mol. The highest BCUT2D eigenvalue weighted by atomic mass is 16.5. The van der Waals surface area contributed by atoms with Gasteiger partial charge in [0.1, 0.15) is 5.75 Å². The van der Waals surface area contributed by atoms with E-state index in [9.17, 15) is 4.79 Å². The van der Waals surface area contributed by atoms with Crippen LogP contribution in [0.15, 0.2) is 24.3 Å². The molecule has 1 aliphatic heterocycles. The molecule has 1 heterocycles. The van der Waals surface area contributed by atoms with Crippen molar-refractivity contribution < 1.29 is 9.53 Å². The summed E-state index contributed by atoms with van der Waals surface area (Å²) in [6.45, 7) is 1.63. The van der Waals surface area contributed by atoms with Crippen molar-refractivity contribution in [3.8, 4) is 5.75 Å². The Hall–Kier alpha value is -1.55. The number of nitrogens with two attached hydrogens (primary N) is 1. The Morgan fingerprint density at radius 3 is 2.81 bits per heavy atom. The van der Waals surface area contributed by atoms with Crippen LogP contribution in [0.1, 0.15) is 37.7 Å². The minimum atomic E-state index is 0.283. The van der Waals surface area contributed by atoms with Gasteiger partial charge in [0.2, 0.25) is 5.91 Å². The summed E-state index contributed by atoms with van der Waals surface area (Å²) in [7, 11) is 1.66. The van der Waals surface area contributed by atoms with Crippen LogP contribution >= 0.6 is 0 Å². The van der Waals surface area contributed by atoms with Gasteiger partial charge in [-0.15, -0.1) is 0 Å². The van der Waals surface area contributed by atoms with Crippen molar-refractivity contribution in [3.63, 3.8) is 0 Å². The highest BCUT2D eigenvalue weighted by Gasteiger charge is 2.27. The van der Waals surface area contributed by atoms with Crippen molar-refractivity contribution in [2.75, 3.05) is 20.2 Å². The van der Waals surface area contributed by atoms with E-state index in [1.54, 1.807) is 7.11 Å². The maximum absolute atomic E-state index is 12.4. The summed E-state index contributed by atoms with van der Waals surface area (Å²) in [6, 6.07) is 8.36. The molecule has 0 bridgehead atoms. The maximum atomic E-state index is 12.4. The van der Waals surface area contributed by atoms with Crippen LogP contribution in [-0.2, 0) is 11.2 Å². The van der Waals surface area contributed by atoms with Gasteiger partial charge in [0.15, 0.2) is 0 Å². The molecule has 116 valence electrons. The average molecular weight is 290 g/mol. The fourth-order valence-corrected chi connectivity index (χ4v) is 3.00. The molecule has 0 radical (unpaired) electrons. The van der Waals surface area contributed by atoms with Crippen molar-refractivity contribution >= 4 is 5.91 Å². The summed E-state index contributed by atoms with van der Waals surface area (Å²) in [4.78, 5) is 14.5. The number of aryl methyl sites for hydroxylation is 1. The normalized spacial score (nSPS) is 18.0. The second-order valence-corrected chi connectivity index (χ2v) is 5.66. The van der Waals surface area contributed by atoms with Crippen molar-refractivity contribution in [2.24, 2.45) is 5.73 Å². The van der Waals surface area contributed by atoms with Crippen LogP contribution in [-0.4, -0.2) is 37.0 Å². The predicted octanol–water partition coefficient (Wildman–Crippen LogP) is 2.36. The van der Waals surface area contributed by atoms with Gasteiger partial charge in [-0.3, -0.25) is 4.79 Å². The minimum absolute atomic E-state index is 0.283. The lowest BCUT2D eigenvalue weighted by Crippen LogP contribution is -2.35. The molecule has 1 fully saturated rings. The summed E-state index contributed by atoms with van der Waals surface area (Å²) in [5.41, 5.74) is 6.76. The lowest BCUT2D eigenvalue weighted by molar-refractivity contribution is -0.132. The first-order chi connectivity index (χ1) is 10.2. The first-order valence-corrected chi connectivity index (χ1v) is 7.87. The Kier molecular flexibility index (Phi) is 6.05. The topological polar surface area (TPSA) is 55.6 Å². The molecule has 2 N–H and O–H groups in total. The number of rotatable bonds is 7. The molecule has 0 saturated carbocycles. The predicted molar refractivity (Wildman–Crippen MR) is 84.3 cm³/mol. The zero-order chi connectivity index (χ0) is 15.1. The molecule has 21 heavy (non-hydrogen) atoms. The van der Waals surface area contributed by atoms with E-state index in [2.05, 4.69) is 4.90 Å². The van der Waals surface area contributed by atoms with E-state index in [-0.39, 0.29) is 5.91 Å². The number of hydrogen-bond donors (Lipinski definition) is 1. The van der Waals surface area contributed by atoms with Gasteiger partial charge < -0.3 is 15.4 Å². The second-order valence-electron chi connectivity index (χ2n) is 5.66. The Bertz CT molecular complexity index is 445. The number of hydrogen-bond acceptors (Lipinski definition) is 3. The Morgan fingerprint density at radius 1 is 1.38 bits per heavy atom.